The van der Waals surface area contributed by atoms with E-state index in [9.17, 15) is 4.79 Å². The van der Waals surface area contributed by atoms with Gasteiger partial charge in [-0.25, -0.2) is 9.98 Å². The maximum Gasteiger partial charge on any atom is 0.224 e. The van der Waals surface area contributed by atoms with Crippen LogP contribution in [0.15, 0.2) is 22.3 Å². The Morgan fingerprint density at radius 3 is 3.25 bits per heavy atom. The lowest BCUT2D eigenvalue weighted by Gasteiger charge is -2.31. The van der Waals surface area contributed by atoms with Crippen LogP contribution in [-0.4, -0.2) is 36.1 Å². The number of allylic oxidation sites excluding steroid dienone is 1. The zero-order valence-corrected chi connectivity index (χ0v) is 9.17. The molecule has 1 unspecified atom stereocenters. The number of amides is 1. The van der Waals surface area contributed by atoms with Crippen LogP contribution < -0.4 is 5.73 Å². The van der Waals surface area contributed by atoms with Gasteiger partial charge in [-0.2, -0.15) is 0 Å². The SMILES string of the molecule is NC(=O)C1CCCN(C2=NC=CCC=N2)C1. The van der Waals surface area contributed by atoms with Gasteiger partial charge in [0.2, 0.25) is 11.9 Å². The van der Waals surface area contributed by atoms with Crippen molar-refractivity contribution in [3.63, 3.8) is 0 Å². The molecule has 1 saturated heterocycles. The number of carbonyl (C=O) groups excluding carboxylic acids is 1. The van der Waals surface area contributed by atoms with Crippen LogP contribution in [0.3, 0.4) is 0 Å². The van der Waals surface area contributed by atoms with Crippen molar-refractivity contribution < 1.29 is 4.79 Å². The van der Waals surface area contributed by atoms with E-state index in [0.29, 0.717) is 12.5 Å². The molecule has 0 radical (unpaired) electrons. The van der Waals surface area contributed by atoms with Gasteiger partial charge in [0.1, 0.15) is 0 Å². The molecule has 0 spiro atoms. The van der Waals surface area contributed by atoms with Crippen molar-refractivity contribution in [1.82, 2.24) is 4.90 Å². The molecule has 0 aromatic rings. The Morgan fingerprint density at radius 1 is 1.56 bits per heavy atom. The number of primary amides is 1. The molecule has 5 heteroatoms. The second kappa shape index (κ2) is 4.92. The van der Waals surface area contributed by atoms with Crippen molar-refractivity contribution in [3.05, 3.63) is 12.3 Å². The van der Waals surface area contributed by atoms with Gasteiger partial charge in [-0.05, 0) is 12.8 Å². The number of piperidine rings is 1. The summed E-state index contributed by atoms with van der Waals surface area (Å²) in [5.41, 5.74) is 5.33. The summed E-state index contributed by atoms with van der Waals surface area (Å²) in [6.07, 6.45) is 8.18. The Kier molecular flexibility index (Phi) is 3.34. The molecule has 2 heterocycles. The fraction of sp³-hybridized carbons (Fsp3) is 0.545. The van der Waals surface area contributed by atoms with Crippen molar-refractivity contribution in [2.75, 3.05) is 13.1 Å². The van der Waals surface area contributed by atoms with Gasteiger partial charge >= 0.3 is 0 Å². The second-order valence-corrected chi connectivity index (χ2v) is 4.05. The highest BCUT2D eigenvalue weighted by atomic mass is 16.1. The lowest BCUT2D eigenvalue weighted by Crippen LogP contribution is -2.43. The maximum atomic E-state index is 11.2. The standard InChI is InChI=1S/C11H16N4O/c12-10(16)9-4-3-7-15(8-9)11-13-5-1-2-6-14-11/h1,5-6,9H,2-4,7-8H2,(H2,12,16). The minimum Gasteiger partial charge on any atom is -0.369 e. The van der Waals surface area contributed by atoms with E-state index < -0.39 is 0 Å². The van der Waals surface area contributed by atoms with E-state index in [-0.39, 0.29) is 11.8 Å². The van der Waals surface area contributed by atoms with Crippen molar-refractivity contribution in [1.29, 1.82) is 0 Å². The average molecular weight is 220 g/mol. The molecule has 86 valence electrons. The predicted octanol–water partition coefficient (Wildman–Crippen LogP) is 0.528. The first-order valence-corrected chi connectivity index (χ1v) is 5.57. The van der Waals surface area contributed by atoms with Crippen molar-refractivity contribution in [2.24, 2.45) is 21.6 Å². The molecule has 0 saturated carbocycles. The van der Waals surface area contributed by atoms with Gasteiger partial charge < -0.3 is 10.6 Å². The highest BCUT2D eigenvalue weighted by Crippen LogP contribution is 2.17. The van der Waals surface area contributed by atoms with Crippen LogP contribution in [0.25, 0.3) is 0 Å². The van der Waals surface area contributed by atoms with E-state index >= 15 is 0 Å². The van der Waals surface area contributed by atoms with E-state index in [1.165, 1.54) is 0 Å². The molecule has 0 bridgehead atoms. The largest absolute Gasteiger partial charge is 0.369 e. The zero-order chi connectivity index (χ0) is 11.4. The molecule has 1 fully saturated rings. The molecule has 2 aliphatic heterocycles. The lowest BCUT2D eigenvalue weighted by atomic mass is 9.98. The van der Waals surface area contributed by atoms with E-state index in [1.54, 1.807) is 6.20 Å². The first-order valence-electron chi connectivity index (χ1n) is 5.57. The Labute approximate surface area is 94.7 Å². The summed E-state index contributed by atoms with van der Waals surface area (Å²) in [5, 5.41) is 0. The number of nitrogens with zero attached hydrogens (tertiary/aromatic N) is 3. The monoisotopic (exact) mass is 220 g/mol. The van der Waals surface area contributed by atoms with Gasteiger partial charge in [-0.1, -0.05) is 6.08 Å². The van der Waals surface area contributed by atoms with Crippen LogP contribution in [0.4, 0.5) is 0 Å². The van der Waals surface area contributed by atoms with Gasteiger partial charge in [0.15, 0.2) is 0 Å². The van der Waals surface area contributed by atoms with Crippen molar-refractivity contribution >= 4 is 18.1 Å². The highest BCUT2D eigenvalue weighted by Gasteiger charge is 2.25. The quantitative estimate of drug-likeness (QED) is 0.700. The first kappa shape index (κ1) is 10.9. The normalized spacial score (nSPS) is 25.1. The fourth-order valence-corrected chi connectivity index (χ4v) is 1.96. The summed E-state index contributed by atoms with van der Waals surface area (Å²) in [6.45, 7) is 1.53. The maximum absolute atomic E-state index is 11.2. The lowest BCUT2D eigenvalue weighted by molar-refractivity contribution is -0.122. The molecular weight excluding hydrogens is 204 g/mol. The van der Waals surface area contributed by atoms with Gasteiger partial charge in [0.05, 0.1) is 5.92 Å². The van der Waals surface area contributed by atoms with Crippen LogP contribution in [0.2, 0.25) is 0 Å². The number of hydrogen-bond donors (Lipinski definition) is 1. The number of guanidine groups is 1. The summed E-state index contributed by atoms with van der Waals surface area (Å²) < 4.78 is 0. The zero-order valence-electron chi connectivity index (χ0n) is 9.17. The molecule has 1 amide bonds. The van der Waals surface area contributed by atoms with Gasteiger partial charge in [0, 0.05) is 31.9 Å². The highest BCUT2D eigenvalue weighted by molar-refractivity contribution is 5.89. The molecule has 0 aromatic carbocycles. The molecule has 16 heavy (non-hydrogen) atoms. The third kappa shape index (κ3) is 2.48. The summed E-state index contributed by atoms with van der Waals surface area (Å²) in [5.74, 6) is 0.400. The Bertz CT molecular complexity index is 359. The smallest absolute Gasteiger partial charge is 0.224 e. The summed E-state index contributed by atoms with van der Waals surface area (Å²) in [7, 11) is 0. The number of hydrogen-bond acceptors (Lipinski definition) is 4. The van der Waals surface area contributed by atoms with E-state index in [2.05, 4.69) is 9.98 Å². The van der Waals surface area contributed by atoms with Crippen LogP contribution >= 0.6 is 0 Å². The van der Waals surface area contributed by atoms with E-state index in [4.69, 9.17) is 5.73 Å². The fourth-order valence-electron chi connectivity index (χ4n) is 1.96. The predicted molar refractivity (Wildman–Crippen MR) is 63.2 cm³/mol. The number of rotatable bonds is 1. The van der Waals surface area contributed by atoms with E-state index in [0.717, 1.165) is 25.8 Å². The molecule has 2 aliphatic rings. The summed E-state index contributed by atoms with van der Waals surface area (Å²) in [6, 6.07) is 0. The topological polar surface area (TPSA) is 71.1 Å². The van der Waals surface area contributed by atoms with Gasteiger partial charge in [-0.3, -0.25) is 4.79 Å². The van der Waals surface area contributed by atoms with Crippen LogP contribution in [-0.2, 0) is 4.79 Å². The van der Waals surface area contributed by atoms with Crippen LogP contribution in [0.5, 0.6) is 0 Å². The molecule has 5 nitrogen and oxygen atoms in total. The van der Waals surface area contributed by atoms with Crippen molar-refractivity contribution in [3.8, 4) is 0 Å². The van der Waals surface area contributed by atoms with Gasteiger partial charge in [0.25, 0.3) is 0 Å². The second-order valence-electron chi connectivity index (χ2n) is 4.05. The number of aliphatic imine (C=N–C) groups is 2. The third-order valence-electron chi connectivity index (χ3n) is 2.85. The van der Waals surface area contributed by atoms with Crippen LogP contribution in [0.1, 0.15) is 19.3 Å². The minimum atomic E-state index is -0.224. The Morgan fingerprint density at radius 2 is 2.44 bits per heavy atom. The average Bonchev–Trinajstić information content (AvgIpc) is 2.57. The minimum absolute atomic E-state index is 0.0705. The summed E-state index contributed by atoms with van der Waals surface area (Å²) in [4.78, 5) is 21.7. The first-order chi connectivity index (χ1) is 7.77. The Balaban J connectivity index is 2.06. The molecule has 2 N–H and O–H groups in total. The number of likely N-dealkylation sites (tertiary alicyclic amines) is 1. The van der Waals surface area contributed by atoms with Crippen molar-refractivity contribution in [2.45, 2.75) is 19.3 Å². The van der Waals surface area contributed by atoms with Crippen LogP contribution in [0, 0.1) is 5.92 Å². The molecule has 1 atom stereocenters. The molecule has 0 aromatic heterocycles. The molecule has 0 aliphatic carbocycles. The third-order valence-corrected chi connectivity index (χ3v) is 2.85. The molecular formula is C11H16N4O. The van der Waals surface area contributed by atoms with E-state index in [1.807, 2.05) is 17.2 Å². The summed E-state index contributed by atoms with van der Waals surface area (Å²) >= 11 is 0. The molecule has 2 rings (SSSR count). The number of carbonyl (C=O) groups is 1. The number of nitrogens with two attached hydrogens (primary N) is 1. The Hall–Kier alpha value is -1.65. The van der Waals surface area contributed by atoms with Gasteiger partial charge in [-0.15, -0.1) is 0 Å².